The van der Waals surface area contributed by atoms with E-state index in [-0.39, 0.29) is 23.7 Å². The lowest BCUT2D eigenvalue weighted by molar-refractivity contribution is 0.101. The molecule has 0 radical (unpaired) electrons. The number of Topliss-reactive ketones (excluding diaryl/α,β-unsaturated/α-hetero) is 1. The van der Waals surface area contributed by atoms with E-state index in [1.54, 1.807) is 12.1 Å². The highest BCUT2D eigenvalue weighted by Crippen LogP contribution is 2.27. The normalized spacial score (nSPS) is 10.9. The summed E-state index contributed by atoms with van der Waals surface area (Å²) in [6, 6.07) is 8.82. The third-order valence-electron chi connectivity index (χ3n) is 4.09. The summed E-state index contributed by atoms with van der Waals surface area (Å²) in [5, 5.41) is 1.24. The molecular weight excluding hydrogens is 359 g/mol. The first-order valence-corrected chi connectivity index (χ1v) is 8.45. The Morgan fingerprint density at radius 2 is 1.96 bits per heavy atom. The van der Waals surface area contributed by atoms with Crippen molar-refractivity contribution in [3.8, 4) is 5.75 Å². The van der Waals surface area contributed by atoms with Crippen molar-refractivity contribution < 1.29 is 18.3 Å². The van der Waals surface area contributed by atoms with Crippen LogP contribution in [0.25, 0.3) is 11.0 Å². The fourth-order valence-electron chi connectivity index (χ4n) is 2.71. The summed E-state index contributed by atoms with van der Waals surface area (Å²) >= 11 is 6.26. The van der Waals surface area contributed by atoms with Gasteiger partial charge in [-0.05, 0) is 43.2 Å². The molecule has 0 saturated carbocycles. The summed E-state index contributed by atoms with van der Waals surface area (Å²) in [5.74, 6) is -0.754. The Morgan fingerprint density at radius 1 is 1.19 bits per heavy atom. The van der Waals surface area contributed by atoms with E-state index in [1.807, 2.05) is 6.92 Å². The first-order chi connectivity index (χ1) is 12.4. The second kappa shape index (κ2) is 7.30. The molecule has 0 aliphatic rings. The molecule has 1 aromatic heterocycles. The van der Waals surface area contributed by atoms with E-state index in [0.29, 0.717) is 28.0 Å². The van der Waals surface area contributed by atoms with Gasteiger partial charge in [0, 0.05) is 28.1 Å². The molecule has 4 nitrogen and oxygen atoms in total. The molecule has 0 atom stereocenters. The smallest absolute Gasteiger partial charge is 0.336 e. The van der Waals surface area contributed by atoms with Gasteiger partial charge in [0.25, 0.3) is 0 Å². The molecule has 0 saturated heterocycles. The van der Waals surface area contributed by atoms with Crippen molar-refractivity contribution >= 4 is 28.4 Å². The van der Waals surface area contributed by atoms with Crippen LogP contribution < -0.4 is 10.4 Å². The van der Waals surface area contributed by atoms with E-state index in [2.05, 4.69) is 0 Å². The van der Waals surface area contributed by atoms with Gasteiger partial charge in [-0.2, -0.15) is 0 Å². The van der Waals surface area contributed by atoms with Crippen molar-refractivity contribution in [3.63, 3.8) is 0 Å². The van der Waals surface area contributed by atoms with Crippen LogP contribution in [0.1, 0.15) is 35.3 Å². The van der Waals surface area contributed by atoms with Crippen LogP contribution in [0, 0.1) is 5.82 Å². The summed E-state index contributed by atoms with van der Waals surface area (Å²) in [5.41, 5.74) is 1.38. The minimum absolute atomic E-state index is 0.00188. The molecule has 0 spiro atoms. The van der Waals surface area contributed by atoms with Gasteiger partial charge in [-0.15, -0.1) is 0 Å². The van der Waals surface area contributed by atoms with Crippen molar-refractivity contribution in [1.82, 2.24) is 0 Å². The maximum atomic E-state index is 13.9. The highest BCUT2D eigenvalue weighted by atomic mass is 35.5. The molecule has 0 aliphatic heterocycles. The molecule has 0 bridgehead atoms. The minimum atomic E-state index is -0.650. The van der Waals surface area contributed by atoms with Crippen LogP contribution in [0.4, 0.5) is 4.39 Å². The highest BCUT2D eigenvalue weighted by molar-refractivity contribution is 6.32. The van der Waals surface area contributed by atoms with E-state index >= 15 is 0 Å². The van der Waals surface area contributed by atoms with Gasteiger partial charge in [-0.1, -0.05) is 18.5 Å². The summed E-state index contributed by atoms with van der Waals surface area (Å²) in [6.07, 6.45) is 0.709. The Bertz CT molecular complexity index is 1060. The second-order valence-corrected chi connectivity index (χ2v) is 6.28. The van der Waals surface area contributed by atoms with Crippen LogP contribution in [0.2, 0.25) is 5.02 Å². The van der Waals surface area contributed by atoms with Crippen molar-refractivity contribution in [2.24, 2.45) is 0 Å². The Hall–Kier alpha value is -2.66. The lowest BCUT2D eigenvalue weighted by Crippen LogP contribution is -2.05. The Kier molecular flexibility index (Phi) is 5.09. The number of benzene rings is 2. The topological polar surface area (TPSA) is 56.5 Å². The Labute approximate surface area is 154 Å². The van der Waals surface area contributed by atoms with Gasteiger partial charge in [-0.25, -0.2) is 9.18 Å². The number of ketones is 1. The molecule has 1 heterocycles. The lowest BCUT2D eigenvalue weighted by Gasteiger charge is -2.10. The number of hydrogen-bond acceptors (Lipinski definition) is 4. The standard InChI is InChI=1S/C20H16ClFO4/c1-3-12-6-19-16(9-17(12)21)13(7-20(24)26-19)10-25-14-4-5-15(11(2)23)18(22)8-14/h4-9H,3,10H2,1-2H3. The molecule has 3 aromatic rings. The second-order valence-electron chi connectivity index (χ2n) is 5.87. The Balaban J connectivity index is 1.94. The van der Waals surface area contributed by atoms with Crippen LogP contribution in [-0.4, -0.2) is 5.78 Å². The van der Waals surface area contributed by atoms with Crippen molar-refractivity contribution in [2.45, 2.75) is 26.9 Å². The van der Waals surface area contributed by atoms with Crippen LogP contribution in [0.15, 0.2) is 45.6 Å². The van der Waals surface area contributed by atoms with Gasteiger partial charge in [0.1, 0.15) is 23.8 Å². The molecule has 134 valence electrons. The first-order valence-electron chi connectivity index (χ1n) is 8.07. The Morgan fingerprint density at radius 3 is 2.62 bits per heavy atom. The average Bonchev–Trinajstić information content (AvgIpc) is 2.59. The zero-order chi connectivity index (χ0) is 18.8. The highest BCUT2D eigenvalue weighted by Gasteiger charge is 2.12. The average molecular weight is 375 g/mol. The maximum absolute atomic E-state index is 13.9. The van der Waals surface area contributed by atoms with Crippen LogP contribution in [-0.2, 0) is 13.0 Å². The predicted octanol–water partition coefficient (Wildman–Crippen LogP) is 4.93. The van der Waals surface area contributed by atoms with Crippen molar-refractivity contribution in [1.29, 1.82) is 0 Å². The number of carbonyl (C=O) groups excluding carboxylic acids is 1. The first kappa shape index (κ1) is 18.1. The molecule has 0 fully saturated rings. The molecule has 6 heteroatoms. The van der Waals surface area contributed by atoms with E-state index in [4.69, 9.17) is 20.8 Å². The van der Waals surface area contributed by atoms with Gasteiger partial charge < -0.3 is 9.15 Å². The van der Waals surface area contributed by atoms with Crippen LogP contribution in [0.5, 0.6) is 5.75 Å². The van der Waals surface area contributed by atoms with Crippen molar-refractivity contribution in [3.05, 3.63) is 74.3 Å². The minimum Gasteiger partial charge on any atom is -0.489 e. The molecule has 3 rings (SSSR count). The summed E-state index contributed by atoms with van der Waals surface area (Å²) in [7, 11) is 0. The van der Waals surface area contributed by atoms with E-state index in [0.717, 1.165) is 11.6 Å². The number of ether oxygens (including phenoxy) is 1. The summed E-state index contributed by atoms with van der Waals surface area (Å²) in [6.45, 7) is 3.28. The van der Waals surface area contributed by atoms with Gasteiger partial charge >= 0.3 is 5.63 Å². The fourth-order valence-corrected chi connectivity index (χ4v) is 3.01. The largest absolute Gasteiger partial charge is 0.489 e. The SMILES string of the molecule is CCc1cc2oc(=O)cc(COc3ccc(C(C)=O)c(F)c3)c2cc1Cl. The monoisotopic (exact) mass is 374 g/mol. The number of aryl methyl sites for hydroxylation is 1. The van der Waals surface area contributed by atoms with Crippen molar-refractivity contribution in [2.75, 3.05) is 0 Å². The third kappa shape index (κ3) is 3.63. The van der Waals surface area contributed by atoms with E-state index < -0.39 is 11.4 Å². The number of carbonyl (C=O) groups is 1. The van der Waals surface area contributed by atoms with E-state index in [1.165, 1.54) is 25.1 Å². The number of hydrogen-bond donors (Lipinski definition) is 0. The zero-order valence-corrected chi connectivity index (χ0v) is 15.0. The van der Waals surface area contributed by atoms with Gasteiger partial charge in [0.05, 0.1) is 5.56 Å². The molecule has 0 unspecified atom stereocenters. The fraction of sp³-hybridized carbons (Fsp3) is 0.200. The molecule has 0 amide bonds. The third-order valence-corrected chi connectivity index (χ3v) is 4.44. The lowest BCUT2D eigenvalue weighted by atomic mass is 10.1. The van der Waals surface area contributed by atoms with Crippen LogP contribution in [0.3, 0.4) is 0 Å². The maximum Gasteiger partial charge on any atom is 0.336 e. The number of rotatable bonds is 5. The molecule has 0 aliphatic carbocycles. The predicted molar refractivity (Wildman–Crippen MR) is 97.6 cm³/mol. The number of halogens is 2. The van der Waals surface area contributed by atoms with Gasteiger partial charge in [0.2, 0.25) is 0 Å². The molecule has 0 N–H and O–H groups in total. The molecular formula is C20H16ClFO4. The quantitative estimate of drug-likeness (QED) is 0.469. The number of fused-ring (bicyclic) bond motifs is 1. The molecule has 26 heavy (non-hydrogen) atoms. The molecule has 2 aromatic carbocycles. The van der Waals surface area contributed by atoms with Gasteiger partial charge in [-0.3, -0.25) is 4.79 Å². The zero-order valence-electron chi connectivity index (χ0n) is 14.3. The van der Waals surface area contributed by atoms with Crippen LogP contribution >= 0.6 is 11.6 Å². The van der Waals surface area contributed by atoms with Gasteiger partial charge in [0.15, 0.2) is 5.78 Å². The van der Waals surface area contributed by atoms with E-state index in [9.17, 15) is 14.0 Å². The summed E-state index contributed by atoms with van der Waals surface area (Å²) < 4.78 is 24.7. The summed E-state index contributed by atoms with van der Waals surface area (Å²) in [4.78, 5) is 23.1.